The van der Waals surface area contributed by atoms with E-state index in [4.69, 9.17) is 11.6 Å². The fourth-order valence-electron chi connectivity index (χ4n) is 3.39. The maximum Gasteiger partial charge on any atom is 0.261 e. The number of rotatable bonds is 4. The molecular weight excluding hydrogens is 378 g/mol. The fraction of sp³-hybridized carbons (Fsp3) is 0.143. The van der Waals surface area contributed by atoms with Crippen LogP contribution >= 0.6 is 22.9 Å². The van der Waals surface area contributed by atoms with Crippen LogP contribution in [-0.2, 0) is 6.54 Å². The number of nitrogens with zero attached hydrogens (tertiary/aromatic N) is 2. The SMILES string of the molecule is CCn1c(=O)c(-c2csc(NC)n2)c(-c2ccccc2)c2cc(Cl)ccc21. The first-order valence-electron chi connectivity index (χ1n) is 8.69. The summed E-state index contributed by atoms with van der Waals surface area (Å²) in [5.41, 5.74) is 3.96. The van der Waals surface area contributed by atoms with Gasteiger partial charge in [-0.15, -0.1) is 11.3 Å². The first-order valence-corrected chi connectivity index (χ1v) is 9.95. The zero-order chi connectivity index (χ0) is 19.0. The number of aromatic nitrogens is 2. The van der Waals surface area contributed by atoms with Crippen LogP contribution in [0.1, 0.15) is 6.92 Å². The summed E-state index contributed by atoms with van der Waals surface area (Å²) >= 11 is 7.81. The van der Waals surface area contributed by atoms with E-state index in [0.29, 0.717) is 22.8 Å². The predicted molar refractivity (Wildman–Crippen MR) is 115 cm³/mol. The van der Waals surface area contributed by atoms with Crippen LogP contribution in [0.5, 0.6) is 0 Å². The van der Waals surface area contributed by atoms with Crippen LogP contribution in [0.25, 0.3) is 33.3 Å². The smallest absolute Gasteiger partial charge is 0.261 e. The highest BCUT2D eigenvalue weighted by atomic mass is 35.5. The van der Waals surface area contributed by atoms with Gasteiger partial charge in [0.15, 0.2) is 5.13 Å². The Bertz CT molecular complexity index is 1180. The third-order valence-electron chi connectivity index (χ3n) is 4.58. The molecule has 4 aromatic rings. The lowest BCUT2D eigenvalue weighted by molar-refractivity contribution is 0.761. The van der Waals surface area contributed by atoms with E-state index in [-0.39, 0.29) is 5.56 Å². The lowest BCUT2D eigenvalue weighted by Crippen LogP contribution is -2.22. The van der Waals surface area contributed by atoms with Gasteiger partial charge in [-0.25, -0.2) is 4.98 Å². The summed E-state index contributed by atoms with van der Waals surface area (Å²) in [6.45, 7) is 2.55. The summed E-state index contributed by atoms with van der Waals surface area (Å²) in [7, 11) is 1.82. The van der Waals surface area contributed by atoms with Crippen molar-refractivity contribution in [3.8, 4) is 22.4 Å². The molecule has 27 heavy (non-hydrogen) atoms. The highest BCUT2D eigenvalue weighted by Gasteiger charge is 2.21. The van der Waals surface area contributed by atoms with Crippen LogP contribution in [0.2, 0.25) is 5.02 Å². The van der Waals surface area contributed by atoms with Gasteiger partial charge in [-0.2, -0.15) is 0 Å². The summed E-state index contributed by atoms with van der Waals surface area (Å²) in [5, 5.41) is 7.33. The van der Waals surface area contributed by atoms with E-state index in [2.05, 4.69) is 10.3 Å². The van der Waals surface area contributed by atoms with Crippen molar-refractivity contribution in [3.63, 3.8) is 0 Å². The second-order valence-electron chi connectivity index (χ2n) is 6.11. The van der Waals surface area contributed by atoms with Crippen LogP contribution in [-0.4, -0.2) is 16.6 Å². The molecule has 4 rings (SSSR count). The van der Waals surface area contributed by atoms with Crippen LogP contribution in [0.15, 0.2) is 58.7 Å². The normalized spacial score (nSPS) is 11.1. The Kier molecular flexibility index (Phi) is 4.72. The van der Waals surface area contributed by atoms with Crippen molar-refractivity contribution < 1.29 is 0 Å². The molecule has 1 N–H and O–H groups in total. The molecule has 0 fully saturated rings. The zero-order valence-electron chi connectivity index (χ0n) is 15.0. The van der Waals surface area contributed by atoms with Crippen molar-refractivity contribution in [1.82, 2.24) is 9.55 Å². The number of fused-ring (bicyclic) bond motifs is 1. The third kappa shape index (κ3) is 3.03. The minimum absolute atomic E-state index is 0.0425. The minimum Gasteiger partial charge on any atom is -0.365 e. The van der Waals surface area contributed by atoms with E-state index in [9.17, 15) is 4.79 Å². The molecule has 2 heterocycles. The molecule has 0 atom stereocenters. The average Bonchev–Trinajstić information content (AvgIpc) is 3.17. The third-order valence-corrected chi connectivity index (χ3v) is 5.68. The Morgan fingerprint density at radius 2 is 1.93 bits per heavy atom. The van der Waals surface area contributed by atoms with E-state index in [1.54, 1.807) is 4.57 Å². The highest BCUT2D eigenvalue weighted by molar-refractivity contribution is 7.14. The number of hydrogen-bond donors (Lipinski definition) is 1. The Morgan fingerprint density at radius 1 is 1.15 bits per heavy atom. The minimum atomic E-state index is -0.0425. The number of anilines is 1. The van der Waals surface area contributed by atoms with Gasteiger partial charge in [0.1, 0.15) is 0 Å². The van der Waals surface area contributed by atoms with E-state index in [1.165, 1.54) is 11.3 Å². The van der Waals surface area contributed by atoms with E-state index < -0.39 is 0 Å². The molecule has 2 aromatic heterocycles. The predicted octanol–water partition coefficient (Wildman–Crippen LogP) is 5.51. The van der Waals surface area contributed by atoms with Crippen molar-refractivity contribution in [2.24, 2.45) is 0 Å². The Labute approximate surface area is 166 Å². The molecule has 0 spiro atoms. The molecule has 0 saturated carbocycles. The van der Waals surface area contributed by atoms with Crippen molar-refractivity contribution in [1.29, 1.82) is 0 Å². The summed E-state index contributed by atoms with van der Waals surface area (Å²) in [6.07, 6.45) is 0. The fourth-order valence-corrected chi connectivity index (χ4v) is 4.22. The van der Waals surface area contributed by atoms with Gasteiger partial charge in [-0.1, -0.05) is 41.9 Å². The number of benzene rings is 2. The summed E-state index contributed by atoms with van der Waals surface area (Å²) < 4.78 is 1.78. The first-order chi connectivity index (χ1) is 13.1. The van der Waals surface area contributed by atoms with Crippen molar-refractivity contribution in [2.75, 3.05) is 12.4 Å². The molecule has 0 aliphatic carbocycles. The van der Waals surface area contributed by atoms with Gasteiger partial charge < -0.3 is 9.88 Å². The second-order valence-corrected chi connectivity index (χ2v) is 7.41. The van der Waals surface area contributed by atoms with E-state index >= 15 is 0 Å². The average molecular weight is 396 g/mol. The van der Waals surface area contributed by atoms with E-state index in [0.717, 1.165) is 27.2 Å². The lowest BCUT2D eigenvalue weighted by atomic mass is 9.94. The number of aryl methyl sites for hydroxylation is 1. The van der Waals surface area contributed by atoms with Crippen LogP contribution in [0.4, 0.5) is 5.13 Å². The van der Waals surface area contributed by atoms with Crippen molar-refractivity contribution >= 4 is 39.0 Å². The molecule has 0 saturated heterocycles. The number of halogens is 1. The maximum atomic E-state index is 13.5. The number of thiazole rings is 1. The molecule has 0 amide bonds. The summed E-state index contributed by atoms with van der Waals surface area (Å²) in [6, 6.07) is 15.6. The first kappa shape index (κ1) is 17.8. The molecule has 0 aliphatic heterocycles. The lowest BCUT2D eigenvalue weighted by Gasteiger charge is -2.17. The molecule has 0 aliphatic rings. The Morgan fingerprint density at radius 3 is 2.59 bits per heavy atom. The Hall–Kier alpha value is -2.63. The van der Waals surface area contributed by atoms with Gasteiger partial charge in [0.25, 0.3) is 5.56 Å². The van der Waals surface area contributed by atoms with Crippen molar-refractivity contribution in [2.45, 2.75) is 13.5 Å². The second kappa shape index (κ2) is 7.18. The largest absolute Gasteiger partial charge is 0.365 e. The number of hydrogen-bond acceptors (Lipinski definition) is 4. The quantitative estimate of drug-likeness (QED) is 0.495. The van der Waals surface area contributed by atoms with E-state index in [1.807, 2.05) is 67.9 Å². The van der Waals surface area contributed by atoms with Gasteiger partial charge in [0.2, 0.25) is 0 Å². The van der Waals surface area contributed by atoms with Crippen LogP contribution in [0, 0.1) is 0 Å². The standard InChI is InChI=1S/C21H18ClN3OS/c1-3-25-17-10-9-14(22)11-15(17)18(13-7-5-4-6-8-13)19(20(25)26)16-12-27-21(23-2)24-16/h4-12H,3H2,1-2H3,(H,23,24). The zero-order valence-corrected chi connectivity index (χ0v) is 16.6. The van der Waals surface area contributed by atoms with Gasteiger partial charge >= 0.3 is 0 Å². The van der Waals surface area contributed by atoms with Gasteiger partial charge in [-0.3, -0.25) is 4.79 Å². The topological polar surface area (TPSA) is 46.9 Å². The molecule has 136 valence electrons. The van der Waals surface area contributed by atoms with Gasteiger partial charge in [0, 0.05) is 34.9 Å². The number of pyridine rings is 1. The monoisotopic (exact) mass is 395 g/mol. The number of nitrogens with one attached hydrogen (secondary N) is 1. The van der Waals surface area contributed by atoms with Crippen LogP contribution in [0.3, 0.4) is 0 Å². The maximum absolute atomic E-state index is 13.5. The van der Waals surface area contributed by atoms with Crippen LogP contribution < -0.4 is 10.9 Å². The molecule has 0 unspecified atom stereocenters. The summed E-state index contributed by atoms with van der Waals surface area (Å²) in [4.78, 5) is 18.1. The molecule has 0 radical (unpaired) electrons. The summed E-state index contributed by atoms with van der Waals surface area (Å²) in [5.74, 6) is 0. The molecule has 4 nitrogen and oxygen atoms in total. The van der Waals surface area contributed by atoms with Gasteiger partial charge in [-0.05, 0) is 30.7 Å². The van der Waals surface area contributed by atoms with Gasteiger partial charge in [0.05, 0.1) is 16.8 Å². The molecule has 6 heteroatoms. The highest BCUT2D eigenvalue weighted by Crippen LogP contribution is 2.37. The molecule has 2 aromatic carbocycles. The Balaban J connectivity index is 2.20. The molecular formula is C21H18ClN3OS. The molecule has 0 bridgehead atoms. The van der Waals surface area contributed by atoms with Crippen molar-refractivity contribution in [3.05, 3.63) is 69.3 Å².